The summed E-state index contributed by atoms with van der Waals surface area (Å²) in [6.07, 6.45) is 9.91. The summed E-state index contributed by atoms with van der Waals surface area (Å²) in [7, 11) is 0. The molecule has 2 aromatic rings. The third-order valence-corrected chi connectivity index (χ3v) is 6.32. The Bertz CT molecular complexity index is 1010. The highest BCUT2D eigenvalue weighted by molar-refractivity contribution is 8.18. The zero-order valence-electron chi connectivity index (χ0n) is 15.5. The lowest BCUT2D eigenvalue weighted by atomic mass is 9.42. The molecule has 8 heteroatoms. The van der Waals surface area contributed by atoms with Crippen molar-refractivity contribution in [2.45, 2.75) is 39.3 Å². The van der Waals surface area contributed by atoms with Gasteiger partial charge in [-0.25, -0.2) is 14.8 Å². The molecule has 0 spiro atoms. The number of nitrogens with one attached hydrogen (secondary N) is 2. The van der Waals surface area contributed by atoms with Crippen molar-refractivity contribution in [2.24, 2.45) is 5.92 Å². The van der Waals surface area contributed by atoms with Crippen LogP contribution in [0.25, 0.3) is 5.65 Å². The molecule has 4 rings (SSSR count). The molecule has 2 aromatic heterocycles. The number of allylic oxidation sites excluding steroid dienone is 2. The number of nitrogens with zero attached hydrogens (tertiary/aromatic N) is 4. The lowest BCUT2D eigenvalue weighted by Gasteiger charge is -2.23. The van der Waals surface area contributed by atoms with E-state index in [2.05, 4.69) is 27.4 Å². The van der Waals surface area contributed by atoms with E-state index in [-0.39, 0.29) is 6.71 Å². The SMILES string of the molecule is Cc1cn2nc(N/C=C3/C=C(C4CCB(C#N)CC4)SC3=N)cc(C)c2n1. The average molecular weight is 376 g/mol. The van der Waals surface area contributed by atoms with Crippen molar-refractivity contribution in [3.63, 3.8) is 0 Å². The number of aryl methyl sites for hydroxylation is 2. The summed E-state index contributed by atoms with van der Waals surface area (Å²) in [6.45, 7) is 4.18. The first-order chi connectivity index (χ1) is 13.0. The molecule has 0 amide bonds. The van der Waals surface area contributed by atoms with Crippen molar-refractivity contribution in [2.75, 3.05) is 5.32 Å². The number of hydrogen-bond donors (Lipinski definition) is 2. The Hall–Kier alpha value is -2.53. The van der Waals surface area contributed by atoms with Crippen LogP contribution in [-0.4, -0.2) is 26.4 Å². The highest BCUT2D eigenvalue weighted by Crippen LogP contribution is 2.42. The number of fused-ring (bicyclic) bond motifs is 1. The Labute approximate surface area is 163 Å². The molecule has 4 heterocycles. The van der Waals surface area contributed by atoms with Gasteiger partial charge in [0, 0.05) is 17.7 Å². The number of imidazole rings is 1. The molecule has 2 aliphatic rings. The maximum Gasteiger partial charge on any atom is 0.267 e. The fraction of sp³-hybridized carbons (Fsp3) is 0.368. The minimum Gasteiger partial charge on any atom is -0.345 e. The van der Waals surface area contributed by atoms with Crippen LogP contribution in [0, 0.1) is 36.4 Å². The van der Waals surface area contributed by atoms with E-state index < -0.39 is 0 Å². The van der Waals surface area contributed by atoms with Crippen LogP contribution in [0.1, 0.15) is 24.1 Å². The quantitative estimate of drug-likeness (QED) is 0.783. The molecule has 0 radical (unpaired) electrons. The molecule has 1 fully saturated rings. The fourth-order valence-corrected chi connectivity index (χ4v) is 4.77. The Balaban J connectivity index is 1.50. The molecule has 0 atom stereocenters. The molecule has 1 saturated heterocycles. The van der Waals surface area contributed by atoms with E-state index in [1.807, 2.05) is 32.3 Å². The first kappa shape index (κ1) is 17.9. The van der Waals surface area contributed by atoms with E-state index in [1.165, 1.54) is 4.91 Å². The first-order valence-corrected chi connectivity index (χ1v) is 10.0. The fourth-order valence-electron chi connectivity index (χ4n) is 3.71. The Morgan fingerprint density at radius 1 is 1.41 bits per heavy atom. The van der Waals surface area contributed by atoms with Crippen molar-refractivity contribution in [1.29, 1.82) is 10.7 Å². The lowest BCUT2D eigenvalue weighted by molar-refractivity contribution is 0.570. The average Bonchev–Trinajstić information content (AvgIpc) is 3.22. The Kier molecular flexibility index (Phi) is 4.79. The van der Waals surface area contributed by atoms with Crippen LogP contribution in [0.15, 0.2) is 35.0 Å². The van der Waals surface area contributed by atoms with Crippen molar-refractivity contribution in [1.82, 2.24) is 14.6 Å². The standard InChI is InChI=1S/C19H21BN6S/c1-12-7-17(25-26-10-13(2)24-19(12)26)23-9-15-8-16(27-18(15)22)14-3-5-20(11-21)6-4-14/h7-10,14,22H,3-6H2,1-2H3,(H,23,25)/b15-9-,22-18?. The molecule has 0 aromatic carbocycles. The summed E-state index contributed by atoms with van der Waals surface area (Å²) < 4.78 is 1.79. The first-order valence-electron chi connectivity index (χ1n) is 9.22. The number of rotatable bonds is 3. The van der Waals surface area contributed by atoms with Gasteiger partial charge in [0.25, 0.3) is 6.71 Å². The normalized spacial score (nSPS) is 19.6. The van der Waals surface area contributed by atoms with Gasteiger partial charge in [0.05, 0.1) is 11.9 Å². The molecule has 0 bridgehead atoms. The smallest absolute Gasteiger partial charge is 0.267 e. The topological polar surface area (TPSA) is 89.9 Å². The van der Waals surface area contributed by atoms with E-state index in [4.69, 9.17) is 10.7 Å². The highest BCUT2D eigenvalue weighted by atomic mass is 32.2. The summed E-state index contributed by atoms with van der Waals surface area (Å²) in [6, 6.07) is 1.97. The largest absolute Gasteiger partial charge is 0.345 e. The van der Waals surface area contributed by atoms with Gasteiger partial charge in [-0.05, 0) is 42.4 Å². The predicted octanol–water partition coefficient (Wildman–Crippen LogP) is 4.22. The molecule has 27 heavy (non-hydrogen) atoms. The third kappa shape index (κ3) is 3.65. The number of thioether (sulfide) groups is 1. The van der Waals surface area contributed by atoms with Crippen LogP contribution >= 0.6 is 11.8 Å². The minimum absolute atomic E-state index is 0.209. The number of anilines is 1. The molecule has 0 aliphatic carbocycles. The van der Waals surface area contributed by atoms with Crippen LogP contribution in [0.3, 0.4) is 0 Å². The summed E-state index contributed by atoms with van der Waals surface area (Å²) in [5.41, 5.74) is 3.75. The van der Waals surface area contributed by atoms with Crippen LogP contribution in [0.2, 0.25) is 12.6 Å². The predicted molar refractivity (Wildman–Crippen MR) is 111 cm³/mol. The summed E-state index contributed by atoms with van der Waals surface area (Å²) in [5, 5.41) is 25.7. The zero-order chi connectivity index (χ0) is 19.0. The van der Waals surface area contributed by atoms with Gasteiger partial charge in [-0.15, -0.1) is 5.10 Å². The maximum absolute atomic E-state index is 9.06. The second kappa shape index (κ2) is 7.24. The number of hydrogen-bond acceptors (Lipinski definition) is 6. The van der Waals surface area contributed by atoms with Gasteiger partial charge in [-0.2, -0.15) is 0 Å². The van der Waals surface area contributed by atoms with Crippen molar-refractivity contribution >= 4 is 35.0 Å². The Morgan fingerprint density at radius 2 is 2.19 bits per heavy atom. The van der Waals surface area contributed by atoms with Gasteiger partial charge < -0.3 is 5.32 Å². The van der Waals surface area contributed by atoms with E-state index >= 15 is 0 Å². The van der Waals surface area contributed by atoms with Crippen LogP contribution in [0.4, 0.5) is 5.82 Å². The molecular weight excluding hydrogens is 355 g/mol. The molecule has 0 saturated carbocycles. The second-order valence-electron chi connectivity index (χ2n) is 7.26. The van der Waals surface area contributed by atoms with Gasteiger partial charge in [0.2, 0.25) is 0 Å². The molecule has 2 aliphatic heterocycles. The summed E-state index contributed by atoms with van der Waals surface area (Å²) >= 11 is 1.55. The number of nitriles is 1. The molecule has 0 unspecified atom stereocenters. The van der Waals surface area contributed by atoms with Crippen molar-refractivity contribution < 1.29 is 0 Å². The second-order valence-corrected chi connectivity index (χ2v) is 8.35. The highest BCUT2D eigenvalue weighted by Gasteiger charge is 2.30. The molecule has 2 N–H and O–H groups in total. The van der Waals surface area contributed by atoms with Gasteiger partial charge in [0.1, 0.15) is 5.04 Å². The van der Waals surface area contributed by atoms with E-state index in [9.17, 15) is 0 Å². The van der Waals surface area contributed by atoms with Crippen LogP contribution in [0.5, 0.6) is 0 Å². The van der Waals surface area contributed by atoms with Gasteiger partial charge in [-0.3, -0.25) is 5.41 Å². The molecule has 6 nitrogen and oxygen atoms in total. The van der Waals surface area contributed by atoms with E-state index in [0.717, 1.165) is 53.8 Å². The summed E-state index contributed by atoms with van der Waals surface area (Å²) in [4.78, 5) is 5.73. The van der Waals surface area contributed by atoms with Crippen LogP contribution < -0.4 is 5.32 Å². The van der Waals surface area contributed by atoms with Crippen molar-refractivity contribution in [3.8, 4) is 5.97 Å². The minimum atomic E-state index is 0.209. The third-order valence-electron chi connectivity index (χ3n) is 5.20. The van der Waals surface area contributed by atoms with E-state index in [1.54, 1.807) is 16.3 Å². The maximum atomic E-state index is 9.06. The van der Waals surface area contributed by atoms with Gasteiger partial charge in [0.15, 0.2) is 11.5 Å². The van der Waals surface area contributed by atoms with E-state index in [0.29, 0.717) is 11.0 Å². The van der Waals surface area contributed by atoms with Crippen LogP contribution in [-0.2, 0) is 0 Å². The lowest BCUT2D eigenvalue weighted by Crippen LogP contribution is -2.20. The summed E-state index contributed by atoms with van der Waals surface area (Å²) in [5.74, 6) is 3.60. The monoisotopic (exact) mass is 376 g/mol. The molecule has 136 valence electrons. The van der Waals surface area contributed by atoms with Gasteiger partial charge >= 0.3 is 0 Å². The molecular formula is C19H21BN6S. The van der Waals surface area contributed by atoms with Crippen molar-refractivity contribution in [3.05, 3.63) is 46.3 Å². The zero-order valence-corrected chi connectivity index (χ0v) is 16.3. The van der Waals surface area contributed by atoms with Gasteiger partial charge in [-0.1, -0.05) is 37.2 Å². The Morgan fingerprint density at radius 3 is 2.93 bits per heavy atom. The number of aromatic nitrogens is 3.